The molecule has 3 amide bonds. The van der Waals surface area contributed by atoms with E-state index in [2.05, 4.69) is 36.9 Å². The largest absolute Gasteiger partial charge is 0.328 e. The van der Waals surface area contributed by atoms with Gasteiger partial charge in [-0.25, -0.2) is 0 Å². The van der Waals surface area contributed by atoms with Gasteiger partial charge in [0.05, 0.1) is 0 Å². The monoisotopic (exact) mass is 353 g/mol. The number of para-hydroxylation sites is 1. The maximum Gasteiger partial charge on any atom is 0.328 e. The van der Waals surface area contributed by atoms with E-state index in [0.717, 1.165) is 11.1 Å². The fourth-order valence-corrected chi connectivity index (χ4v) is 2.26. The Morgan fingerprint density at radius 2 is 1.42 bits per heavy atom. The van der Waals surface area contributed by atoms with Crippen LogP contribution in [0.4, 0.5) is 5.69 Å². The zero-order chi connectivity index (χ0) is 19.3. The highest BCUT2D eigenvalue weighted by molar-refractivity contribution is 6.39. The lowest BCUT2D eigenvalue weighted by atomic mass is 9.87. The van der Waals surface area contributed by atoms with E-state index in [1.807, 2.05) is 31.2 Å². The molecule has 136 valence electrons. The van der Waals surface area contributed by atoms with Gasteiger partial charge in [0.25, 0.3) is 5.91 Å². The van der Waals surface area contributed by atoms with Crippen molar-refractivity contribution in [3.63, 3.8) is 0 Å². The molecule has 0 bridgehead atoms. The summed E-state index contributed by atoms with van der Waals surface area (Å²) < 4.78 is 0. The van der Waals surface area contributed by atoms with E-state index in [0.29, 0.717) is 11.3 Å². The second-order valence-corrected chi connectivity index (χ2v) is 7.00. The van der Waals surface area contributed by atoms with Crippen molar-refractivity contribution in [1.29, 1.82) is 0 Å². The molecular weight excluding hydrogens is 330 g/mol. The number of anilines is 1. The molecular formula is C20H23N3O3. The zero-order valence-electron chi connectivity index (χ0n) is 15.3. The summed E-state index contributed by atoms with van der Waals surface area (Å²) in [7, 11) is 0. The SMILES string of the molecule is Cc1ccccc1NC(=O)C(=O)NNC(=O)c1ccc(C(C)(C)C)cc1. The van der Waals surface area contributed by atoms with Gasteiger partial charge in [-0.3, -0.25) is 25.2 Å². The van der Waals surface area contributed by atoms with Crippen molar-refractivity contribution in [1.82, 2.24) is 10.9 Å². The number of nitrogens with one attached hydrogen (secondary N) is 3. The van der Waals surface area contributed by atoms with Crippen molar-refractivity contribution < 1.29 is 14.4 Å². The van der Waals surface area contributed by atoms with Crippen molar-refractivity contribution >= 4 is 23.4 Å². The van der Waals surface area contributed by atoms with Crippen LogP contribution in [0.25, 0.3) is 0 Å². The number of carbonyl (C=O) groups excluding carboxylic acids is 3. The highest BCUT2D eigenvalue weighted by Crippen LogP contribution is 2.22. The van der Waals surface area contributed by atoms with Crippen LogP contribution in [-0.4, -0.2) is 17.7 Å². The zero-order valence-corrected chi connectivity index (χ0v) is 15.3. The van der Waals surface area contributed by atoms with Crippen molar-refractivity contribution in [2.24, 2.45) is 0 Å². The smallest absolute Gasteiger partial charge is 0.317 e. The van der Waals surface area contributed by atoms with Gasteiger partial charge in [-0.2, -0.15) is 0 Å². The summed E-state index contributed by atoms with van der Waals surface area (Å²) in [6.07, 6.45) is 0. The first-order valence-electron chi connectivity index (χ1n) is 8.26. The van der Waals surface area contributed by atoms with E-state index in [4.69, 9.17) is 0 Å². The van der Waals surface area contributed by atoms with Gasteiger partial charge in [0, 0.05) is 11.3 Å². The molecule has 0 aromatic heterocycles. The normalized spacial score (nSPS) is 10.8. The average molecular weight is 353 g/mol. The summed E-state index contributed by atoms with van der Waals surface area (Å²) in [4.78, 5) is 35.8. The number of benzene rings is 2. The molecule has 0 saturated carbocycles. The minimum absolute atomic E-state index is 0.0170. The summed E-state index contributed by atoms with van der Waals surface area (Å²) in [6.45, 7) is 8.05. The van der Waals surface area contributed by atoms with Crippen LogP contribution in [0.2, 0.25) is 0 Å². The molecule has 2 aromatic rings. The highest BCUT2D eigenvalue weighted by Gasteiger charge is 2.17. The molecule has 3 N–H and O–H groups in total. The van der Waals surface area contributed by atoms with Gasteiger partial charge in [0.15, 0.2) is 0 Å². The molecule has 0 saturated heterocycles. The second kappa shape index (κ2) is 7.82. The summed E-state index contributed by atoms with van der Waals surface area (Å²) in [5, 5.41) is 2.50. The fraction of sp³-hybridized carbons (Fsp3) is 0.250. The highest BCUT2D eigenvalue weighted by atomic mass is 16.2. The van der Waals surface area contributed by atoms with E-state index in [1.54, 1.807) is 24.3 Å². The molecule has 0 aliphatic carbocycles. The standard InChI is InChI=1S/C20H23N3O3/c1-13-7-5-6-8-16(13)21-18(25)19(26)23-22-17(24)14-9-11-15(12-10-14)20(2,3)4/h5-12H,1-4H3,(H,21,25)(H,22,24)(H,23,26). The molecule has 0 unspecified atom stereocenters. The topological polar surface area (TPSA) is 87.3 Å². The molecule has 0 heterocycles. The molecule has 6 heteroatoms. The molecule has 0 aliphatic heterocycles. The Labute approximate surface area is 153 Å². The Hall–Kier alpha value is -3.15. The quantitative estimate of drug-likeness (QED) is 0.573. The van der Waals surface area contributed by atoms with Gasteiger partial charge in [-0.05, 0) is 41.7 Å². The van der Waals surface area contributed by atoms with Gasteiger partial charge >= 0.3 is 11.8 Å². The van der Waals surface area contributed by atoms with E-state index in [9.17, 15) is 14.4 Å². The average Bonchev–Trinajstić information content (AvgIpc) is 2.60. The molecule has 2 rings (SSSR count). The van der Waals surface area contributed by atoms with Crippen LogP contribution in [-0.2, 0) is 15.0 Å². The Kier molecular flexibility index (Phi) is 5.77. The van der Waals surface area contributed by atoms with Crippen LogP contribution in [0.3, 0.4) is 0 Å². The first kappa shape index (κ1) is 19.2. The minimum atomic E-state index is -0.951. The molecule has 26 heavy (non-hydrogen) atoms. The van der Waals surface area contributed by atoms with Gasteiger partial charge in [-0.1, -0.05) is 51.1 Å². The van der Waals surface area contributed by atoms with Crippen molar-refractivity contribution in [2.75, 3.05) is 5.32 Å². The van der Waals surface area contributed by atoms with Crippen LogP contribution in [0.1, 0.15) is 42.3 Å². The molecule has 6 nitrogen and oxygen atoms in total. The predicted octanol–water partition coefficient (Wildman–Crippen LogP) is 2.69. The fourth-order valence-electron chi connectivity index (χ4n) is 2.26. The lowest BCUT2D eigenvalue weighted by Crippen LogP contribution is -2.46. The summed E-state index contributed by atoms with van der Waals surface area (Å²) >= 11 is 0. The van der Waals surface area contributed by atoms with Gasteiger partial charge in [0.1, 0.15) is 0 Å². The number of hydrazine groups is 1. The van der Waals surface area contributed by atoms with E-state index in [-0.39, 0.29) is 5.41 Å². The first-order chi connectivity index (χ1) is 12.2. The predicted molar refractivity (Wildman–Crippen MR) is 101 cm³/mol. The second-order valence-electron chi connectivity index (χ2n) is 7.00. The lowest BCUT2D eigenvalue weighted by molar-refractivity contribution is -0.136. The van der Waals surface area contributed by atoms with Crippen LogP contribution in [0.5, 0.6) is 0 Å². The Bertz CT molecular complexity index is 821. The molecule has 0 atom stereocenters. The maximum atomic E-state index is 12.1. The molecule has 0 radical (unpaired) electrons. The van der Waals surface area contributed by atoms with Crippen LogP contribution in [0.15, 0.2) is 48.5 Å². The Morgan fingerprint density at radius 1 is 0.808 bits per heavy atom. The summed E-state index contributed by atoms with van der Waals surface area (Å²) in [5.41, 5.74) is 7.19. The molecule has 0 aliphatic rings. The van der Waals surface area contributed by atoms with Crippen LogP contribution >= 0.6 is 0 Å². The van der Waals surface area contributed by atoms with Crippen LogP contribution in [0, 0.1) is 6.92 Å². The van der Waals surface area contributed by atoms with Crippen molar-refractivity contribution in [3.05, 3.63) is 65.2 Å². The Balaban J connectivity index is 1.91. The summed E-state index contributed by atoms with van der Waals surface area (Å²) in [6, 6.07) is 14.2. The number of amides is 3. The van der Waals surface area contributed by atoms with Gasteiger partial charge in [0.2, 0.25) is 0 Å². The van der Waals surface area contributed by atoms with E-state index in [1.165, 1.54) is 0 Å². The molecule has 2 aromatic carbocycles. The Morgan fingerprint density at radius 3 is 2.00 bits per heavy atom. The lowest BCUT2D eigenvalue weighted by Gasteiger charge is -2.19. The minimum Gasteiger partial charge on any atom is -0.317 e. The molecule has 0 fully saturated rings. The number of rotatable bonds is 2. The van der Waals surface area contributed by atoms with E-state index >= 15 is 0 Å². The number of hydrogen-bond acceptors (Lipinski definition) is 3. The van der Waals surface area contributed by atoms with Gasteiger partial charge in [-0.15, -0.1) is 0 Å². The first-order valence-corrected chi connectivity index (χ1v) is 8.26. The third kappa shape index (κ3) is 4.92. The van der Waals surface area contributed by atoms with Gasteiger partial charge < -0.3 is 5.32 Å². The summed E-state index contributed by atoms with van der Waals surface area (Å²) in [5.74, 6) is -2.31. The third-order valence-electron chi connectivity index (χ3n) is 3.90. The maximum absolute atomic E-state index is 12.1. The molecule has 0 spiro atoms. The number of carbonyl (C=O) groups is 3. The van der Waals surface area contributed by atoms with Crippen molar-refractivity contribution in [2.45, 2.75) is 33.1 Å². The number of aryl methyl sites for hydroxylation is 1. The van der Waals surface area contributed by atoms with Crippen molar-refractivity contribution in [3.8, 4) is 0 Å². The van der Waals surface area contributed by atoms with E-state index < -0.39 is 17.7 Å². The number of hydrogen-bond donors (Lipinski definition) is 3. The van der Waals surface area contributed by atoms with Crippen LogP contribution < -0.4 is 16.2 Å². The third-order valence-corrected chi connectivity index (χ3v) is 3.90.